The Kier molecular flexibility index (Phi) is 4.60. The van der Waals surface area contributed by atoms with E-state index in [1.807, 2.05) is 30.5 Å². The van der Waals surface area contributed by atoms with Crippen LogP contribution in [-0.2, 0) is 0 Å². The van der Waals surface area contributed by atoms with Crippen molar-refractivity contribution in [3.63, 3.8) is 0 Å². The van der Waals surface area contributed by atoms with Crippen molar-refractivity contribution in [3.8, 4) is 5.75 Å². The van der Waals surface area contributed by atoms with Crippen LogP contribution in [0.25, 0.3) is 0 Å². The molecule has 0 spiro atoms. The maximum Gasteiger partial charge on any atom is 0.128 e. The van der Waals surface area contributed by atoms with Gasteiger partial charge >= 0.3 is 0 Å². The molecule has 0 aromatic heterocycles. The minimum absolute atomic E-state index is 0.304. The Morgan fingerprint density at radius 3 is 2.56 bits per heavy atom. The lowest BCUT2D eigenvalue weighted by molar-refractivity contribution is 0.471. The van der Waals surface area contributed by atoms with E-state index in [4.69, 9.17) is 0 Å². The number of aryl methyl sites for hydroxylation is 1. The third-order valence-corrected chi connectivity index (χ3v) is 4.02. The van der Waals surface area contributed by atoms with E-state index >= 15 is 0 Å². The van der Waals surface area contributed by atoms with Crippen LogP contribution >= 0.6 is 45.2 Å². The summed E-state index contributed by atoms with van der Waals surface area (Å²) in [5.41, 5.74) is 3.11. The molecule has 0 atom stereocenters. The number of hydrogen-bond donors (Lipinski definition) is 1. The second-order valence-electron chi connectivity index (χ2n) is 3.90. The maximum atomic E-state index is 9.45. The lowest BCUT2D eigenvalue weighted by atomic mass is 10.2. The summed E-state index contributed by atoms with van der Waals surface area (Å²) in [5, 5.41) is 9.45. The second kappa shape index (κ2) is 6.01. The molecule has 0 fully saturated rings. The minimum atomic E-state index is 0.304. The molecule has 0 amide bonds. The van der Waals surface area contributed by atoms with Crippen molar-refractivity contribution >= 4 is 57.1 Å². The van der Waals surface area contributed by atoms with Crippen molar-refractivity contribution in [2.45, 2.75) is 6.92 Å². The molecule has 0 heterocycles. The predicted molar refractivity (Wildman–Crippen MR) is 92.0 cm³/mol. The molecule has 0 saturated carbocycles. The van der Waals surface area contributed by atoms with Gasteiger partial charge in [-0.3, -0.25) is 4.99 Å². The molecule has 0 aliphatic heterocycles. The van der Waals surface area contributed by atoms with Gasteiger partial charge in [-0.25, -0.2) is 0 Å². The van der Waals surface area contributed by atoms with Crippen LogP contribution in [0.5, 0.6) is 5.75 Å². The highest BCUT2D eigenvalue weighted by Crippen LogP contribution is 2.22. The second-order valence-corrected chi connectivity index (χ2v) is 6.31. The highest BCUT2D eigenvalue weighted by molar-refractivity contribution is 14.1. The number of phenolic OH excluding ortho intramolecular Hbond substituents is 1. The normalized spacial score (nSPS) is 11.1. The Morgan fingerprint density at radius 2 is 1.89 bits per heavy atom. The van der Waals surface area contributed by atoms with Gasteiger partial charge in [-0.1, -0.05) is 0 Å². The molecule has 0 radical (unpaired) electrons. The van der Waals surface area contributed by atoms with Gasteiger partial charge in [-0.15, -0.1) is 0 Å². The molecule has 0 bridgehead atoms. The summed E-state index contributed by atoms with van der Waals surface area (Å²) in [5.74, 6) is 0.304. The fraction of sp³-hybridized carbons (Fsp3) is 0.0714. The molecular formula is C14H11I2NO. The fourth-order valence-electron chi connectivity index (χ4n) is 1.51. The summed E-state index contributed by atoms with van der Waals surface area (Å²) in [7, 11) is 0. The monoisotopic (exact) mass is 463 g/mol. The zero-order valence-electron chi connectivity index (χ0n) is 9.69. The number of hydrogen-bond acceptors (Lipinski definition) is 2. The lowest BCUT2D eigenvalue weighted by Gasteiger charge is -2.01. The van der Waals surface area contributed by atoms with Gasteiger partial charge in [0, 0.05) is 9.78 Å². The number of halogens is 2. The molecule has 92 valence electrons. The van der Waals surface area contributed by atoms with Crippen molar-refractivity contribution in [2.75, 3.05) is 0 Å². The predicted octanol–water partition coefficient (Wildman–Crippen LogP) is 4.66. The summed E-state index contributed by atoms with van der Waals surface area (Å²) < 4.78 is 2.04. The fourth-order valence-corrected chi connectivity index (χ4v) is 2.70. The maximum absolute atomic E-state index is 9.45. The minimum Gasteiger partial charge on any atom is -0.507 e. The molecule has 18 heavy (non-hydrogen) atoms. The number of benzene rings is 2. The van der Waals surface area contributed by atoms with Crippen LogP contribution in [0.1, 0.15) is 11.1 Å². The number of nitrogens with zero attached hydrogens (tertiary/aromatic N) is 1. The van der Waals surface area contributed by atoms with E-state index in [0.29, 0.717) is 5.75 Å². The van der Waals surface area contributed by atoms with Crippen LogP contribution in [0.15, 0.2) is 41.4 Å². The van der Waals surface area contributed by atoms with Crippen molar-refractivity contribution in [1.82, 2.24) is 0 Å². The van der Waals surface area contributed by atoms with Crippen molar-refractivity contribution in [2.24, 2.45) is 4.99 Å². The topological polar surface area (TPSA) is 32.6 Å². The summed E-state index contributed by atoms with van der Waals surface area (Å²) in [6.07, 6.45) is 1.82. The highest BCUT2D eigenvalue weighted by Gasteiger charge is 1.99. The molecule has 2 aromatic carbocycles. The van der Waals surface area contributed by atoms with Gasteiger partial charge < -0.3 is 5.11 Å². The molecule has 1 N–H and O–H groups in total. The van der Waals surface area contributed by atoms with Crippen LogP contribution < -0.4 is 0 Å². The van der Waals surface area contributed by atoms with E-state index in [-0.39, 0.29) is 0 Å². The first-order valence-corrected chi connectivity index (χ1v) is 7.51. The third kappa shape index (κ3) is 3.44. The van der Waals surface area contributed by atoms with Gasteiger partial charge in [0.05, 0.1) is 9.26 Å². The zero-order valence-corrected chi connectivity index (χ0v) is 14.0. The molecule has 2 rings (SSSR count). The zero-order chi connectivity index (χ0) is 13.1. The first kappa shape index (κ1) is 13.8. The van der Waals surface area contributed by atoms with E-state index in [2.05, 4.69) is 63.2 Å². The van der Waals surface area contributed by atoms with Crippen LogP contribution in [0.4, 0.5) is 5.69 Å². The molecular weight excluding hydrogens is 452 g/mol. The number of aromatic hydroxyl groups is 1. The van der Waals surface area contributed by atoms with Crippen LogP contribution in [0, 0.1) is 14.1 Å². The van der Waals surface area contributed by atoms with E-state index in [1.54, 1.807) is 6.07 Å². The summed E-state index contributed by atoms with van der Waals surface area (Å²) >= 11 is 4.39. The molecule has 0 aliphatic rings. The SMILES string of the molecule is Cc1cc(I)ccc1N=Cc1ccc(O)c(I)c1. The van der Waals surface area contributed by atoms with Gasteiger partial charge in [0.25, 0.3) is 0 Å². The highest BCUT2D eigenvalue weighted by atomic mass is 127. The smallest absolute Gasteiger partial charge is 0.128 e. The van der Waals surface area contributed by atoms with Gasteiger partial charge in [-0.05, 0) is 99.6 Å². The Labute approximate surface area is 133 Å². The third-order valence-electron chi connectivity index (χ3n) is 2.48. The number of rotatable bonds is 2. The van der Waals surface area contributed by atoms with Gasteiger partial charge in [-0.2, -0.15) is 0 Å². The van der Waals surface area contributed by atoms with Crippen LogP contribution in [0.3, 0.4) is 0 Å². The van der Waals surface area contributed by atoms with Crippen molar-refractivity contribution in [1.29, 1.82) is 0 Å². The van der Waals surface area contributed by atoms with Crippen molar-refractivity contribution in [3.05, 3.63) is 54.7 Å². The van der Waals surface area contributed by atoms with E-state index < -0.39 is 0 Å². The molecule has 2 aromatic rings. The van der Waals surface area contributed by atoms with Gasteiger partial charge in [0.1, 0.15) is 5.75 Å². The Balaban J connectivity index is 2.27. The van der Waals surface area contributed by atoms with Gasteiger partial charge in [0.15, 0.2) is 0 Å². The van der Waals surface area contributed by atoms with E-state index in [9.17, 15) is 5.11 Å². The quantitative estimate of drug-likeness (QED) is 0.511. The van der Waals surface area contributed by atoms with Crippen LogP contribution in [0.2, 0.25) is 0 Å². The molecule has 4 heteroatoms. The van der Waals surface area contributed by atoms with E-state index in [1.165, 1.54) is 3.57 Å². The molecule has 2 nitrogen and oxygen atoms in total. The van der Waals surface area contributed by atoms with Crippen LogP contribution in [-0.4, -0.2) is 11.3 Å². The Bertz CT molecular complexity index is 609. The number of phenols is 1. The first-order chi connectivity index (χ1) is 8.56. The first-order valence-electron chi connectivity index (χ1n) is 5.35. The van der Waals surface area contributed by atoms with Gasteiger partial charge in [0.2, 0.25) is 0 Å². The summed E-state index contributed by atoms with van der Waals surface area (Å²) in [6, 6.07) is 11.6. The Morgan fingerprint density at radius 1 is 1.11 bits per heavy atom. The molecule has 0 unspecified atom stereocenters. The Hall–Kier alpha value is -0.630. The van der Waals surface area contributed by atoms with Crippen molar-refractivity contribution < 1.29 is 5.11 Å². The number of aliphatic imine (C=N–C) groups is 1. The largest absolute Gasteiger partial charge is 0.507 e. The summed E-state index contributed by atoms with van der Waals surface area (Å²) in [4.78, 5) is 4.47. The average Bonchev–Trinajstić information content (AvgIpc) is 2.32. The summed E-state index contributed by atoms with van der Waals surface area (Å²) in [6.45, 7) is 2.05. The average molecular weight is 463 g/mol. The molecule has 0 aliphatic carbocycles. The van der Waals surface area contributed by atoms with E-state index in [0.717, 1.165) is 20.4 Å². The standard InChI is InChI=1S/C14H11I2NO/c1-9-6-11(15)3-4-13(9)17-8-10-2-5-14(18)12(16)7-10/h2-8,18H,1H3. The molecule has 0 saturated heterocycles. The lowest BCUT2D eigenvalue weighted by Crippen LogP contribution is -1.84.